The first-order chi connectivity index (χ1) is 10.7. The second-order valence-electron chi connectivity index (χ2n) is 5.58. The number of para-hydroxylation sites is 1. The molecule has 0 spiro atoms. The Labute approximate surface area is 132 Å². The SMILES string of the molecule is Cn1cc(C(=O)N2CCCC2c2nc3ccccc3s2)cn1. The molecule has 0 bridgehead atoms. The number of fused-ring (bicyclic) bond motifs is 1. The molecule has 3 aromatic rings. The van der Waals surface area contributed by atoms with E-state index in [1.807, 2.05) is 30.1 Å². The van der Waals surface area contributed by atoms with Crippen LogP contribution in [0.4, 0.5) is 0 Å². The standard InChI is InChI=1S/C16H16N4OS/c1-19-10-11(9-17-19)16(21)20-8-4-6-13(20)15-18-12-5-2-3-7-14(12)22-15/h2-3,5,7,9-10,13H,4,6,8H2,1H3. The van der Waals surface area contributed by atoms with Crippen LogP contribution in [-0.2, 0) is 7.05 Å². The highest BCUT2D eigenvalue weighted by atomic mass is 32.1. The zero-order valence-electron chi connectivity index (χ0n) is 12.3. The van der Waals surface area contributed by atoms with Crippen LogP contribution < -0.4 is 0 Å². The summed E-state index contributed by atoms with van der Waals surface area (Å²) in [7, 11) is 1.83. The Morgan fingerprint density at radius 1 is 1.36 bits per heavy atom. The Balaban J connectivity index is 1.67. The van der Waals surface area contributed by atoms with Crippen molar-refractivity contribution in [2.45, 2.75) is 18.9 Å². The van der Waals surface area contributed by atoms with Gasteiger partial charge in [-0.2, -0.15) is 5.10 Å². The van der Waals surface area contributed by atoms with E-state index in [1.54, 1.807) is 28.4 Å². The van der Waals surface area contributed by atoms with Crippen LogP contribution >= 0.6 is 11.3 Å². The number of likely N-dealkylation sites (tertiary alicyclic amines) is 1. The molecule has 0 saturated carbocycles. The summed E-state index contributed by atoms with van der Waals surface area (Å²) in [4.78, 5) is 19.4. The third-order valence-electron chi connectivity index (χ3n) is 4.06. The van der Waals surface area contributed by atoms with Crippen molar-refractivity contribution in [3.8, 4) is 0 Å². The minimum Gasteiger partial charge on any atom is -0.329 e. The second-order valence-corrected chi connectivity index (χ2v) is 6.64. The largest absolute Gasteiger partial charge is 0.329 e. The van der Waals surface area contributed by atoms with E-state index >= 15 is 0 Å². The Morgan fingerprint density at radius 2 is 2.23 bits per heavy atom. The minimum absolute atomic E-state index is 0.0508. The molecule has 1 amide bonds. The lowest BCUT2D eigenvalue weighted by atomic mass is 10.2. The van der Waals surface area contributed by atoms with E-state index in [-0.39, 0.29) is 11.9 Å². The predicted molar refractivity (Wildman–Crippen MR) is 85.8 cm³/mol. The Hall–Kier alpha value is -2.21. The summed E-state index contributed by atoms with van der Waals surface area (Å²) in [6.07, 6.45) is 5.41. The summed E-state index contributed by atoms with van der Waals surface area (Å²) in [5.74, 6) is 0.0508. The highest BCUT2D eigenvalue weighted by Gasteiger charge is 2.33. The van der Waals surface area contributed by atoms with Gasteiger partial charge in [0.1, 0.15) is 5.01 Å². The summed E-state index contributed by atoms with van der Waals surface area (Å²) in [6, 6.07) is 8.22. The van der Waals surface area contributed by atoms with Crippen molar-refractivity contribution in [1.82, 2.24) is 19.7 Å². The number of nitrogens with zero attached hydrogens (tertiary/aromatic N) is 4. The minimum atomic E-state index is 0.0508. The van der Waals surface area contributed by atoms with Crippen molar-refractivity contribution >= 4 is 27.5 Å². The lowest BCUT2D eigenvalue weighted by Gasteiger charge is -2.22. The van der Waals surface area contributed by atoms with Crippen LogP contribution in [0, 0.1) is 0 Å². The molecule has 1 fully saturated rings. The molecule has 0 N–H and O–H groups in total. The third kappa shape index (κ3) is 2.20. The molecular formula is C16H16N4OS. The number of hydrogen-bond donors (Lipinski definition) is 0. The van der Waals surface area contributed by atoms with E-state index in [1.165, 1.54) is 4.70 Å². The molecule has 4 rings (SSSR count). The zero-order chi connectivity index (χ0) is 15.1. The molecule has 22 heavy (non-hydrogen) atoms. The van der Waals surface area contributed by atoms with E-state index in [0.29, 0.717) is 5.56 Å². The van der Waals surface area contributed by atoms with Gasteiger partial charge in [0.05, 0.1) is 28.0 Å². The molecule has 1 saturated heterocycles. The number of aryl methyl sites for hydroxylation is 1. The number of aromatic nitrogens is 3. The van der Waals surface area contributed by atoms with Crippen molar-refractivity contribution in [2.75, 3.05) is 6.54 Å². The van der Waals surface area contributed by atoms with E-state index in [2.05, 4.69) is 11.2 Å². The fourth-order valence-electron chi connectivity index (χ4n) is 3.00. The molecule has 1 aromatic carbocycles. The second kappa shape index (κ2) is 5.21. The van der Waals surface area contributed by atoms with Gasteiger partial charge >= 0.3 is 0 Å². The molecule has 1 atom stereocenters. The van der Waals surface area contributed by atoms with E-state index in [0.717, 1.165) is 29.9 Å². The average Bonchev–Trinajstić information content (AvgIpc) is 3.24. The Morgan fingerprint density at radius 3 is 3.00 bits per heavy atom. The first-order valence-electron chi connectivity index (χ1n) is 7.37. The smallest absolute Gasteiger partial charge is 0.257 e. The molecule has 5 nitrogen and oxygen atoms in total. The van der Waals surface area contributed by atoms with Gasteiger partial charge in [0, 0.05) is 19.8 Å². The molecule has 0 radical (unpaired) electrons. The van der Waals surface area contributed by atoms with Gasteiger partial charge in [0.15, 0.2) is 0 Å². The molecule has 2 aromatic heterocycles. The van der Waals surface area contributed by atoms with Crippen LogP contribution in [0.1, 0.15) is 34.2 Å². The number of hydrogen-bond acceptors (Lipinski definition) is 4. The average molecular weight is 312 g/mol. The van der Waals surface area contributed by atoms with Gasteiger partial charge in [0.25, 0.3) is 5.91 Å². The maximum absolute atomic E-state index is 12.7. The first kappa shape index (κ1) is 13.5. The van der Waals surface area contributed by atoms with Crippen molar-refractivity contribution < 1.29 is 4.79 Å². The van der Waals surface area contributed by atoms with Crippen molar-refractivity contribution in [3.63, 3.8) is 0 Å². The van der Waals surface area contributed by atoms with Gasteiger partial charge in [-0.25, -0.2) is 4.98 Å². The molecule has 1 unspecified atom stereocenters. The van der Waals surface area contributed by atoms with Crippen LogP contribution in [0.25, 0.3) is 10.2 Å². The number of benzene rings is 1. The number of carbonyl (C=O) groups is 1. The number of amides is 1. The maximum Gasteiger partial charge on any atom is 0.257 e. The van der Waals surface area contributed by atoms with E-state index in [9.17, 15) is 4.79 Å². The molecule has 3 heterocycles. The number of rotatable bonds is 2. The third-order valence-corrected chi connectivity index (χ3v) is 5.20. The van der Waals surface area contributed by atoms with Crippen LogP contribution in [0.2, 0.25) is 0 Å². The lowest BCUT2D eigenvalue weighted by molar-refractivity contribution is 0.0735. The monoisotopic (exact) mass is 312 g/mol. The van der Waals surface area contributed by atoms with Gasteiger partial charge in [-0.15, -0.1) is 11.3 Å². The van der Waals surface area contributed by atoms with Crippen LogP contribution in [-0.4, -0.2) is 32.1 Å². The van der Waals surface area contributed by atoms with Crippen molar-refractivity contribution in [3.05, 3.63) is 47.2 Å². The van der Waals surface area contributed by atoms with Crippen molar-refractivity contribution in [2.24, 2.45) is 7.05 Å². The van der Waals surface area contributed by atoms with E-state index < -0.39 is 0 Å². The fraction of sp³-hybridized carbons (Fsp3) is 0.312. The van der Waals surface area contributed by atoms with E-state index in [4.69, 9.17) is 4.98 Å². The Kier molecular flexibility index (Phi) is 3.18. The highest BCUT2D eigenvalue weighted by Crippen LogP contribution is 2.37. The number of thiazole rings is 1. The topological polar surface area (TPSA) is 51.0 Å². The first-order valence-corrected chi connectivity index (χ1v) is 8.19. The normalized spacial score (nSPS) is 18.2. The summed E-state index contributed by atoms with van der Waals surface area (Å²) in [6.45, 7) is 0.786. The van der Waals surface area contributed by atoms with Crippen LogP contribution in [0.5, 0.6) is 0 Å². The van der Waals surface area contributed by atoms with Gasteiger partial charge in [0.2, 0.25) is 0 Å². The lowest BCUT2D eigenvalue weighted by Crippen LogP contribution is -2.30. The van der Waals surface area contributed by atoms with Crippen molar-refractivity contribution in [1.29, 1.82) is 0 Å². The van der Waals surface area contributed by atoms with Gasteiger partial charge in [-0.05, 0) is 25.0 Å². The summed E-state index contributed by atoms with van der Waals surface area (Å²) in [5.41, 5.74) is 1.67. The Bertz CT molecular complexity index is 804. The molecule has 6 heteroatoms. The molecule has 1 aliphatic rings. The quantitative estimate of drug-likeness (QED) is 0.731. The molecule has 112 valence electrons. The molecular weight excluding hydrogens is 296 g/mol. The summed E-state index contributed by atoms with van der Waals surface area (Å²) >= 11 is 1.69. The van der Waals surface area contributed by atoms with Gasteiger partial charge < -0.3 is 4.90 Å². The molecule has 1 aliphatic heterocycles. The maximum atomic E-state index is 12.7. The van der Waals surface area contributed by atoms with Crippen LogP contribution in [0.3, 0.4) is 0 Å². The number of carbonyl (C=O) groups excluding carboxylic acids is 1. The zero-order valence-corrected chi connectivity index (χ0v) is 13.1. The predicted octanol–water partition coefficient (Wildman–Crippen LogP) is 3.01. The van der Waals surface area contributed by atoms with Gasteiger partial charge in [-0.1, -0.05) is 12.1 Å². The van der Waals surface area contributed by atoms with Crippen LogP contribution in [0.15, 0.2) is 36.7 Å². The summed E-state index contributed by atoms with van der Waals surface area (Å²) < 4.78 is 2.84. The fourth-order valence-corrected chi connectivity index (χ4v) is 4.11. The molecule has 0 aliphatic carbocycles. The van der Waals surface area contributed by atoms with Gasteiger partial charge in [-0.3, -0.25) is 9.48 Å². The summed E-state index contributed by atoms with van der Waals surface area (Å²) in [5, 5.41) is 5.14. The highest BCUT2D eigenvalue weighted by molar-refractivity contribution is 7.18.